The standard InChI is InChI=1S/C10H17N3O4S2/c1-4-13(5-2)19(16,17)11-6-8-12-7(3)9(18-8)10(14)15/h11H,4-6H2,1-3H3,(H,14,15). The van der Waals surface area contributed by atoms with Crippen molar-refractivity contribution >= 4 is 27.5 Å². The first-order chi connectivity index (χ1) is 8.81. The van der Waals surface area contributed by atoms with Crippen LogP contribution in [0.15, 0.2) is 0 Å². The van der Waals surface area contributed by atoms with Gasteiger partial charge in [0.2, 0.25) is 0 Å². The predicted molar refractivity (Wildman–Crippen MR) is 72.5 cm³/mol. The molecule has 1 rings (SSSR count). The Bertz CT molecular complexity index is 549. The monoisotopic (exact) mass is 307 g/mol. The number of carboxylic acid groups (broad SMARTS) is 1. The Labute approximate surface area is 116 Å². The fourth-order valence-electron chi connectivity index (χ4n) is 1.53. The molecule has 0 spiro atoms. The molecule has 0 aliphatic carbocycles. The molecule has 1 heterocycles. The van der Waals surface area contributed by atoms with E-state index >= 15 is 0 Å². The highest BCUT2D eigenvalue weighted by atomic mass is 32.2. The number of aryl methyl sites for hydroxylation is 1. The van der Waals surface area contributed by atoms with Crippen LogP contribution in [0.3, 0.4) is 0 Å². The molecule has 0 bridgehead atoms. The van der Waals surface area contributed by atoms with Crippen molar-refractivity contribution in [2.45, 2.75) is 27.3 Å². The summed E-state index contributed by atoms with van der Waals surface area (Å²) < 4.78 is 27.4. The Morgan fingerprint density at radius 2 is 2.00 bits per heavy atom. The van der Waals surface area contributed by atoms with Gasteiger partial charge in [-0.05, 0) is 6.92 Å². The normalized spacial score (nSPS) is 12.0. The van der Waals surface area contributed by atoms with Crippen molar-refractivity contribution in [3.05, 3.63) is 15.6 Å². The van der Waals surface area contributed by atoms with E-state index in [4.69, 9.17) is 5.11 Å². The lowest BCUT2D eigenvalue weighted by Crippen LogP contribution is -2.40. The fraction of sp³-hybridized carbons (Fsp3) is 0.600. The molecule has 9 heteroatoms. The third-order valence-corrected chi connectivity index (χ3v) is 5.34. The molecule has 1 aromatic rings. The van der Waals surface area contributed by atoms with Crippen molar-refractivity contribution < 1.29 is 18.3 Å². The lowest BCUT2D eigenvalue weighted by molar-refractivity contribution is 0.0701. The number of aromatic carboxylic acids is 1. The Morgan fingerprint density at radius 1 is 1.42 bits per heavy atom. The van der Waals surface area contributed by atoms with Crippen molar-refractivity contribution in [2.75, 3.05) is 13.1 Å². The van der Waals surface area contributed by atoms with Crippen LogP contribution in [0.5, 0.6) is 0 Å². The number of thiazole rings is 1. The average molecular weight is 307 g/mol. The van der Waals surface area contributed by atoms with Crippen LogP contribution >= 0.6 is 11.3 Å². The van der Waals surface area contributed by atoms with Gasteiger partial charge in [-0.25, -0.2) is 9.78 Å². The van der Waals surface area contributed by atoms with Crippen LogP contribution < -0.4 is 4.72 Å². The van der Waals surface area contributed by atoms with Crippen molar-refractivity contribution in [3.8, 4) is 0 Å². The maximum atomic E-state index is 11.9. The minimum absolute atomic E-state index is 0.00236. The predicted octanol–water partition coefficient (Wildman–Crippen LogP) is 0.826. The molecular formula is C10H17N3O4S2. The van der Waals surface area contributed by atoms with E-state index in [9.17, 15) is 13.2 Å². The Balaban J connectivity index is 2.77. The summed E-state index contributed by atoms with van der Waals surface area (Å²) in [5, 5.41) is 9.33. The molecule has 108 valence electrons. The molecule has 1 aromatic heterocycles. The number of aromatic nitrogens is 1. The maximum Gasteiger partial charge on any atom is 0.347 e. The first-order valence-electron chi connectivity index (χ1n) is 5.76. The van der Waals surface area contributed by atoms with Crippen LogP contribution in [0, 0.1) is 6.92 Å². The van der Waals surface area contributed by atoms with Gasteiger partial charge in [0.25, 0.3) is 10.2 Å². The lowest BCUT2D eigenvalue weighted by Gasteiger charge is -2.18. The van der Waals surface area contributed by atoms with Gasteiger partial charge in [-0.3, -0.25) is 0 Å². The summed E-state index contributed by atoms with van der Waals surface area (Å²) >= 11 is 0.979. The Morgan fingerprint density at radius 3 is 2.42 bits per heavy atom. The van der Waals surface area contributed by atoms with Gasteiger partial charge in [0.15, 0.2) is 0 Å². The molecule has 0 unspecified atom stereocenters. The number of nitrogens with one attached hydrogen (secondary N) is 1. The molecular weight excluding hydrogens is 290 g/mol. The largest absolute Gasteiger partial charge is 0.477 e. The highest BCUT2D eigenvalue weighted by molar-refractivity contribution is 7.87. The maximum absolute atomic E-state index is 11.9. The van der Waals surface area contributed by atoms with Crippen molar-refractivity contribution in [2.24, 2.45) is 0 Å². The lowest BCUT2D eigenvalue weighted by atomic mass is 10.4. The van der Waals surface area contributed by atoms with Crippen LogP contribution in [0.1, 0.15) is 34.2 Å². The minimum atomic E-state index is -3.54. The average Bonchev–Trinajstić information content (AvgIpc) is 2.69. The van der Waals surface area contributed by atoms with Crippen molar-refractivity contribution in [3.63, 3.8) is 0 Å². The Kier molecular flexibility index (Phi) is 5.41. The molecule has 0 aromatic carbocycles. The van der Waals surface area contributed by atoms with Gasteiger partial charge >= 0.3 is 5.97 Å². The molecule has 0 saturated heterocycles. The Hall–Kier alpha value is -1.03. The topological polar surface area (TPSA) is 99.6 Å². The van der Waals surface area contributed by atoms with Gasteiger partial charge < -0.3 is 5.11 Å². The summed E-state index contributed by atoms with van der Waals surface area (Å²) in [4.78, 5) is 15.0. The number of hydrogen-bond acceptors (Lipinski definition) is 5. The molecule has 0 radical (unpaired) electrons. The smallest absolute Gasteiger partial charge is 0.347 e. The van der Waals surface area contributed by atoms with Crippen molar-refractivity contribution in [1.29, 1.82) is 0 Å². The van der Waals surface area contributed by atoms with Gasteiger partial charge in [-0.1, -0.05) is 13.8 Å². The van der Waals surface area contributed by atoms with E-state index in [2.05, 4.69) is 9.71 Å². The number of rotatable bonds is 7. The third-order valence-electron chi connectivity index (χ3n) is 2.49. The van der Waals surface area contributed by atoms with E-state index in [1.54, 1.807) is 20.8 Å². The second-order valence-corrected chi connectivity index (χ2v) is 6.58. The van der Waals surface area contributed by atoms with E-state index < -0.39 is 16.2 Å². The van der Waals surface area contributed by atoms with E-state index in [-0.39, 0.29) is 11.4 Å². The first-order valence-corrected chi connectivity index (χ1v) is 8.01. The summed E-state index contributed by atoms with van der Waals surface area (Å²) in [6.07, 6.45) is 0. The van der Waals surface area contributed by atoms with Crippen LogP contribution in [0.25, 0.3) is 0 Å². The molecule has 0 fully saturated rings. The highest BCUT2D eigenvalue weighted by Crippen LogP contribution is 2.18. The second kappa shape index (κ2) is 6.42. The molecule has 2 N–H and O–H groups in total. The second-order valence-electron chi connectivity index (χ2n) is 3.74. The number of hydrogen-bond donors (Lipinski definition) is 2. The molecule has 7 nitrogen and oxygen atoms in total. The molecule has 0 aliphatic rings. The summed E-state index contributed by atoms with van der Waals surface area (Å²) in [7, 11) is -3.54. The first kappa shape index (κ1) is 16.0. The number of nitrogens with zero attached hydrogens (tertiary/aromatic N) is 2. The molecule has 0 atom stereocenters. The van der Waals surface area contributed by atoms with E-state index in [1.807, 2.05) is 0 Å². The number of carboxylic acids is 1. The fourth-order valence-corrected chi connectivity index (χ4v) is 3.65. The van der Waals surface area contributed by atoms with Crippen LogP contribution in [-0.2, 0) is 16.8 Å². The molecule has 0 saturated carbocycles. The quantitative estimate of drug-likeness (QED) is 0.777. The third kappa shape index (κ3) is 3.96. The SMILES string of the molecule is CCN(CC)S(=O)(=O)NCc1nc(C)c(C(=O)O)s1. The number of carbonyl (C=O) groups is 1. The van der Waals surface area contributed by atoms with Crippen LogP contribution in [-0.4, -0.2) is 41.9 Å². The molecule has 0 amide bonds. The minimum Gasteiger partial charge on any atom is -0.477 e. The summed E-state index contributed by atoms with van der Waals surface area (Å²) in [6, 6.07) is 0. The molecule has 19 heavy (non-hydrogen) atoms. The van der Waals surface area contributed by atoms with E-state index in [0.29, 0.717) is 23.8 Å². The summed E-state index contributed by atoms with van der Waals surface area (Å²) in [5.74, 6) is -1.05. The van der Waals surface area contributed by atoms with Gasteiger partial charge in [0, 0.05) is 13.1 Å². The van der Waals surface area contributed by atoms with Gasteiger partial charge in [-0.2, -0.15) is 17.4 Å². The highest BCUT2D eigenvalue weighted by Gasteiger charge is 2.20. The van der Waals surface area contributed by atoms with Gasteiger partial charge in [0.05, 0.1) is 12.2 Å². The van der Waals surface area contributed by atoms with Crippen LogP contribution in [0.4, 0.5) is 0 Å². The van der Waals surface area contributed by atoms with Gasteiger partial charge in [-0.15, -0.1) is 11.3 Å². The van der Waals surface area contributed by atoms with Gasteiger partial charge in [0.1, 0.15) is 9.88 Å². The van der Waals surface area contributed by atoms with Crippen LogP contribution in [0.2, 0.25) is 0 Å². The summed E-state index contributed by atoms with van der Waals surface area (Å²) in [5.41, 5.74) is 0.398. The zero-order valence-electron chi connectivity index (χ0n) is 11.0. The zero-order chi connectivity index (χ0) is 14.6. The molecule has 0 aliphatic heterocycles. The van der Waals surface area contributed by atoms with E-state index in [1.165, 1.54) is 4.31 Å². The van der Waals surface area contributed by atoms with Crippen molar-refractivity contribution in [1.82, 2.24) is 14.0 Å². The summed E-state index contributed by atoms with van der Waals surface area (Å²) in [6.45, 7) is 5.84. The van der Waals surface area contributed by atoms with E-state index in [0.717, 1.165) is 11.3 Å². The zero-order valence-corrected chi connectivity index (χ0v) is 12.6.